The number of amides is 1. The minimum atomic E-state index is -0.156. The van der Waals surface area contributed by atoms with Crippen LogP contribution in [-0.2, 0) is 0 Å². The quantitative estimate of drug-likeness (QED) is 0.790. The number of benzene rings is 2. The van der Waals surface area contributed by atoms with Crippen molar-refractivity contribution < 1.29 is 9.53 Å². The standard InChI is InChI=1S/C18H21ClN2O2/c1-3-14(23-17-7-5-4-6-16(17)19)11-21-18(22)15-10-13(20)9-8-12(15)2/h4-10,14H,3,11,20H2,1-2H3,(H,21,22). The first-order valence-corrected chi connectivity index (χ1v) is 7.94. The van der Waals surface area contributed by atoms with Gasteiger partial charge in [0, 0.05) is 11.3 Å². The van der Waals surface area contributed by atoms with Crippen LogP contribution in [0.15, 0.2) is 42.5 Å². The Morgan fingerprint density at radius 3 is 2.74 bits per heavy atom. The molecule has 0 saturated heterocycles. The molecular formula is C18H21ClN2O2. The lowest BCUT2D eigenvalue weighted by Gasteiger charge is -2.19. The Balaban J connectivity index is 1.99. The van der Waals surface area contributed by atoms with Crippen molar-refractivity contribution in [1.82, 2.24) is 5.32 Å². The van der Waals surface area contributed by atoms with Gasteiger partial charge in [-0.2, -0.15) is 0 Å². The largest absolute Gasteiger partial charge is 0.487 e. The van der Waals surface area contributed by atoms with E-state index in [1.807, 2.05) is 38.1 Å². The zero-order valence-corrected chi connectivity index (χ0v) is 14.1. The maximum Gasteiger partial charge on any atom is 0.251 e. The summed E-state index contributed by atoms with van der Waals surface area (Å²) in [7, 11) is 0. The summed E-state index contributed by atoms with van der Waals surface area (Å²) in [5.74, 6) is 0.464. The lowest BCUT2D eigenvalue weighted by atomic mass is 10.1. The van der Waals surface area contributed by atoms with Crippen LogP contribution in [0.1, 0.15) is 29.3 Å². The van der Waals surface area contributed by atoms with Crippen LogP contribution in [0.2, 0.25) is 5.02 Å². The number of hydrogen-bond donors (Lipinski definition) is 2. The molecule has 23 heavy (non-hydrogen) atoms. The second kappa shape index (κ2) is 7.88. The molecule has 0 aliphatic rings. The Morgan fingerprint density at radius 1 is 1.30 bits per heavy atom. The third-order valence-electron chi connectivity index (χ3n) is 3.58. The summed E-state index contributed by atoms with van der Waals surface area (Å²) in [6.07, 6.45) is 0.599. The molecule has 5 heteroatoms. The SMILES string of the molecule is CCC(CNC(=O)c1cc(N)ccc1C)Oc1ccccc1Cl. The van der Waals surface area contributed by atoms with Gasteiger partial charge in [-0.3, -0.25) is 4.79 Å². The van der Waals surface area contributed by atoms with Crippen LogP contribution in [0.4, 0.5) is 5.69 Å². The fourth-order valence-corrected chi connectivity index (χ4v) is 2.36. The van der Waals surface area contributed by atoms with Gasteiger partial charge in [-0.1, -0.05) is 36.7 Å². The molecule has 3 N–H and O–H groups in total. The number of rotatable bonds is 6. The Hall–Kier alpha value is -2.20. The Morgan fingerprint density at radius 2 is 2.04 bits per heavy atom. The average Bonchev–Trinajstić information content (AvgIpc) is 2.55. The Labute approximate surface area is 141 Å². The number of hydrogen-bond acceptors (Lipinski definition) is 3. The highest BCUT2D eigenvalue weighted by atomic mass is 35.5. The molecule has 1 unspecified atom stereocenters. The molecule has 1 amide bonds. The van der Waals surface area contributed by atoms with Crippen LogP contribution in [-0.4, -0.2) is 18.6 Å². The number of aryl methyl sites for hydroxylation is 1. The van der Waals surface area contributed by atoms with E-state index in [1.165, 1.54) is 0 Å². The van der Waals surface area contributed by atoms with Gasteiger partial charge in [0.15, 0.2) is 0 Å². The lowest BCUT2D eigenvalue weighted by molar-refractivity contribution is 0.0925. The lowest BCUT2D eigenvalue weighted by Crippen LogP contribution is -2.35. The fourth-order valence-electron chi connectivity index (χ4n) is 2.18. The molecule has 0 spiro atoms. The Kier molecular flexibility index (Phi) is 5.88. The molecular weight excluding hydrogens is 312 g/mol. The number of para-hydroxylation sites is 1. The van der Waals surface area contributed by atoms with Crippen molar-refractivity contribution in [3.05, 3.63) is 58.6 Å². The molecule has 122 valence electrons. The second-order valence-corrected chi connectivity index (χ2v) is 5.77. The van der Waals surface area contributed by atoms with Gasteiger partial charge in [-0.15, -0.1) is 0 Å². The van der Waals surface area contributed by atoms with E-state index in [1.54, 1.807) is 18.2 Å². The predicted molar refractivity (Wildman–Crippen MR) is 94.1 cm³/mol. The monoisotopic (exact) mass is 332 g/mol. The number of halogens is 1. The molecule has 0 saturated carbocycles. The first-order chi connectivity index (χ1) is 11.0. The van der Waals surface area contributed by atoms with Gasteiger partial charge in [-0.05, 0) is 43.2 Å². The maximum atomic E-state index is 12.3. The summed E-state index contributed by atoms with van der Waals surface area (Å²) in [6, 6.07) is 12.6. The molecule has 2 rings (SSSR count). The zero-order valence-electron chi connectivity index (χ0n) is 13.3. The highest BCUT2D eigenvalue weighted by Crippen LogP contribution is 2.24. The van der Waals surface area contributed by atoms with Gasteiger partial charge in [0.05, 0.1) is 11.6 Å². The third-order valence-corrected chi connectivity index (χ3v) is 3.89. The summed E-state index contributed by atoms with van der Waals surface area (Å²) in [4.78, 5) is 12.3. The third kappa shape index (κ3) is 4.63. The fraction of sp³-hybridized carbons (Fsp3) is 0.278. The van der Waals surface area contributed by atoms with Crippen LogP contribution >= 0.6 is 11.6 Å². The molecule has 0 aromatic heterocycles. The van der Waals surface area contributed by atoms with Crippen molar-refractivity contribution in [2.75, 3.05) is 12.3 Å². The molecule has 0 radical (unpaired) electrons. The van der Waals surface area contributed by atoms with Crippen molar-refractivity contribution >= 4 is 23.2 Å². The number of nitrogens with one attached hydrogen (secondary N) is 1. The van der Waals surface area contributed by atoms with Gasteiger partial charge >= 0.3 is 0 Å². The van der Waals surface area contributed by atoms with Gasteiger partial charge < -0.3 is 15.8 Å². The average molecular weight is 333 g/mol. The molecule has 0 heterocycles. The molecule has 1 atom stereocenters. The number of anilines is 1. The predicted octanol–water partition coefficient (Wildman–Crippen LogP) is 3.82. The first kappa shape index (κ1) is 17.2. The van der Waals surface area contributed by atoms with Crippen molar-refractivity contribution in [2.24, 2.45) is 0 Å². The van der Waals surface area contributed by atoms with Crippen molar-refractivity contribution in [1.29, 1.82) is 0 Å². The molecule has 2 aromatic rings. The van der Waals surface area contributed by atoms with Gasteiger partial charge in [-0.25, -0.2) is 0 Å². The van der Waals surface area contributed by atoms with Gasteiger partial charge in [0.1, 0.15) is 11.9 Å². The number of nitrogens with two attached hydrogens (primary N) is 1. The van der Waals surface area contributed by atoms with Gasteiger partial charge in [0.2, 0.25) is 0 Å². The second-order valence-electron chi connectivity index (χ2n) is 5.36. The van der Waals surface area contributed by atoms with E-state index in [2.05, 4.69) is 5.32 Å². The Bertz CT molecular complexity index is 688. The minimum absolute atomic E-state index is 0.153. The van der Waals surface area contributed by atoms with E-state index in [0.717, 1.165) is 12.0 Å². The van der Waals surface area contributed by atoms with Crippen LogP contribution in [0.25, 0.3) is 0 Å². The highest BCUT2D eigenvalue weighted by molar-refractivity contribution is 6.32. The summed E-state index contributed by atoms with van der Waals surface area (Å²) in [5.41, 5.74) is 7.78. The molecule has 4 nitrogen and oxygen atoms in total. The number of carbonyl (C=O) groups excluding carboxylic acids is 1. The van der Waals surface area contributed by atoms with E-state index < -0.39 is 0 Å². The molecule has 0 aliphatic carbocycles. The smallest absolute Gasteiger partial charge is 0.251 e. The van der Waals surface area contributed by atoms with Crippen LogP contribution in [0.5, 0.6) is 5.75 Å². The van der Waals surface area contributed by atoms with Gasteiger partial charge in [0.25, 0.3) is 5.91 Å². The van der Waals surface area contributed by atoms with E-state index in [0.29, 0.717) is 28.6 Å². The van der Waals surface area contributed by atoms with E-state index in [9.17, 15) is 4.79 Å². The number of nitrogen functional groups attached to an aromatic ring is 1. The molecule has 2 aromatic carbocycles. The molecule has 0 aliphatic heterocycles. The number of carbonyl (C=O) groups is 1. The topological polar surface area (TPSA) is 64.4 Å². The van der Waals surface area contributed by atoms with Crippen molar-refractivity contribution in [2.45, 2.75) is 26.4 Å². The highest BCUT2D eigenvalue weighted by Gasteiger charge is 2.14. The van der Waals surface area contributed by atoms with Crippen LogP contribution in [0.3, 0.4) is 0 Å². The first-order valence-electron chi connectivity index (χ1n) is 7.56. The summed E-state index contributed by atoms with van der Waals surface area (Å²) < 4.78 is 5.86. The van der Waals surface area contributed by atoms with Crippen LogP contribution in [0, 0.1) is 6.92 Å². The van der Waals surface area contributed by atoms with E-state index in [4.69, 9.17) is 22.1 Å². The zero-order chi connectivity index (χ0) is 16.8. The molecule has 0 fully saturated rings. The summed E-state index contributed by atoms with van der Waals surface area (Å²) in [6.45, 7) is 4.28. The minimum Gasteiger partial charge on any atom is -0.487 e. The van der Waals surface area contributed by atoms with E-state index in [-0.39, 0.29) is 12.0 Å². The summed E-state index contributed by atoms with van der Waals surface area (Å²) in [5, 5.41) is 3.45. The number of ether oxygens (including phenoxy) is 1. The normalized spacial score (nSPS) is 11.8. The van der Waals surface area contributed by atoms with E-state index >= 15 is 0 Å². The summed E-state index contributed by atoms with van der Waals surface area (Å²) >= 11 is 6.10. The maximum absolute atomic E-state index is 12.3. The van der Waals surface area contributed by atoms with Crippen molar-refractivity contribution in [3.8, 4) is 5.75 Å². The van der Waals surface area contributed by atoms with Crippen LogP contribution < -0.4 is 15.8 Å². The molecule has 0 bridgehead atoms. The van der Waals surface area contributed by atoms with Crippen molar-refractivity contribution in [3.63, 3.8) is 0 Å².